The first-order valence-corrected chi connectivity index (χ1v) is 9.29. The van der Waals surface area contributed by atoms with Crippen LogP contribution in [0.1, 0.15) is 12.0 Å². The molecule has 0 saturated carbocycles. The van der Waals surface area contributed by atoms with E-state index >= 15 is 0 Å². The van der Waals surface area contributed by atoms with Crippen molar-refractivity contribution in [1.29, 1.82) is 0 Å². The van der Waals surface area contributed by atoms with Crippen LogP contribution in [0.2, 0.25) is 0 Å². The van der Waals surface area contributed by atoms with Gasteiger partial charge in [0.1, 0.15) is 12.3 Å². The minimum absolute atomic E-state index is 0.0464. The highest BCUT2D eigenvalue weighted by molar-refractivity contribution is 6.19. The Hall–Kier alpha value is -3.75. The van der Waals surface area contributed by atoms with Crippen LogP contribution in [0, 0.1) is 5.92 Å². The molecule has 2 aromatic rings. The van der Waals surface area contributed by atoms with Gasteiger partial charge in [-0.15, -0.1) is 0 Å². The molecule has 1 unspecified atom stereocenters. The molecule has 1 aliphatic heterocycles. The predicted molar refractivity (Wildman–Crippen MR) is 105 cm³/mol. The van der Waals surface area contributed by atoms with E-state index in [0.29, 0.717) is 5.75 Å². The number of aromatic nitrogens is 1. The molecule has 1 aromatic carbocycles. The number of methoxy groups -OCH3 is 1. The van der Waals surface area contributed by atoms with E-state index in [2.05, 4.69) is 10.3 Å². The largest absolute Gasteiger partial charge is 0.495 e. The summed E-state index contributed by atoms with van der Waals surface area (Å²) < 4.78 is 5.10. The summed E-state index contributed by atoms with van der Waals surface area (Å²) in [4.78, 5) is 53.2. The van der Waals surface area contributed by atoms with Crippen molar-refractivity contribution in [3.05, 3.63) is 48.2 Å². The molecule has 1 saturated heterocycles. The number of amides is 2. The highest BCUT2D eigenvalue weighted by atomic mass is 16.5. The highest BCUT2D eigenvalue weighted by Crippen LogP contribution is 2.22. The molecule has 0 radical (unpaired) electrons. The van der Waals surface area contributed by atoms with Gasteiger partial charge in [-0.25, -0.2) is 0 Å². The summed E-state index contributed by atoms with van der Waals surface area (Å²) in [6, 6.07) is 11.1. The number of hydrogen-bond acceptors (Lipinski definition) is 6. The number of carboxylic acid groups (broad SMARTS) is 1. The maximum atomic E-state index is 12.7. The Balaban J connectivity index is 1.67. The molecule has 1 aliphatic rings. The lowest BCUT2D eigenvalue weighted by Crippen LogP contribution is -2.52. The van der Waals surface area contributed by atoms with Gasteiger partial charge >= 0.3 is 5.97 Å². The molecule has 3 rings (SSSR count). The van der Waals surface area contributed by atoms with Gasteiger partial charge in [0.2, 0.25) is 11.8 Å². The van der Waals surface area contributed by atoms with Crippen LogP contribution in [-0.2, 0) is 25.7 Å². The smallest absolute Gasteiger partial charge is 0.322 e. The molecule has 0 bridgehead atoms. The number of likely N-dealkylation sites (tertiary alicyclic amines) is 1. The Morgan fingerprint density at radius 1 is 1.20 bits per heavy atom. The second kappa shape index (κ2) is 9.17. The molecule has 0 aliphatic carbocycles. The highest BCUT2D eigenvalue weighted by Gasteiger charge is 2.40. The number of rotatable bonds is 7. The zero-order valence-electron chi connectivity index (χ0n) is 16.3. The van der Waals surface area contributed by atoms with E-state index in [1.165, 1.54) is 4.90 Å². The molecule has 2 N–H and O–H groups in total. The molecule has 1 aromatic heterocycles. The number of Topliss-reactive ketones (excluding diaryl/α,β-unsaturated/α-hetero) is 1. The molecule has 1 fully saturated rings. The van der Waals surface area contributed by atoms with Crippen LogP contribution < -0.4 is 10.1 Å². The number of piperidine rings is 1. The number of aliphatic carboxylic acids is 1. The van der Waals surface area contributed by atoms with Crippen LogP contribution in [0.5, 0.6) is 5.75 Å². The first-order valence-electron chi connectivity index (χ1n) is 9.29. The summed E-state index contributed by atoms with van der Waals surface area (Å²) >= 11 is 0. The van der Waals surface area contributed by atoms with Crippen molar-refractivity contribution in [2.75, 3.05) is 20.2 Å². The maximum Gasteiger partial charge on any atom is 0.322 e. The van der Waals surface area contributed by atoms with Crippen LogP contribution in [0.25, 0.3) is 11.3 Å². The van der Waals surface area contributed by atoms with Gasteiger partial charge in [-0.3, -0.25) is 24.2 Å². The third-order valence-corrected chi connectivity index (χ3v) is 4.78. The number of benzene rings is 1. The average Bonchev–Trinajstić information content (AvgIpc) is 2.75. The van der Waals surface area contributed by atoms with Crippen molar-refractivity contribution in [2.45, 2.75) is 13.0 Å². The molecule has 30 heavy (non-hydrogen) atoms. The standard InChI is InChI=1S/C21H21N3O6/c1-30-15-6-7-16(22-10-15)14-4-2-13(3-5-14)12-24-9-8-17(25)19(21(24)29)20(28)23-11-18(26)27/h2-7,10,19H,8-9,11-12H2,1H3,(H,23,28)(H,26,27). The van der Waals surface area contributed by atoms with Crippen molar-refractivity contribution in [3.63, 3.8) is 0 Å². The Kier molecular flexibility index (Phi) is 6.41. The summed E-state index contributed by atoms with van der Waals surface area (Å²) in [7, 11) is 1.57. The fraction of sp³-hybridized carbons (Fsp3) is 0.286. The number of carbonyl (C=O) groups excluding carboxylic acids is 3. The van der Waals surface area contributed by atoms with Crippen LogP contribution in [-0.4, -0.2) is 58.8 Å². The molecule has 9 heteroatoms. The zero-order chi connectivity index (χ0) is 21.7. The lowest BCUT2D eigenvalue weighted by Gasteiger charge is -2.30. The quantitative estimate of drug-likeness (QED) is 0.648. The number of carboxylic acids is 1. The number of nitrogens with one attached hydrogen (secondary N) is 1. The van der Waals surface area contributed by atoms with Crippen molar-refractivity contribution in [1.82, 2.24) is 15.2 Å². The molecular weight excluding hydrogens is 390 g/mol. The molecule has 1 atom stereocenters. The first kappa shape index (κ1) is 21.0. The van der Waals surface area contributed by atoms with Crippen LogP contribution in [0.3, 0.4) is 0 Å². The Bertz CT molecular complexity index is 956. The number of nitrogens with zero attached hydrogens (tertiary/aromatic N) is 2. The second-order valence-corrected chi connectivity index (χ2v) is 6.80. The number of hydrogen-bond donors (Lipinski definition) is 2. The van der Waals surface area contributed by atoms with E-state index in [-0.39, 0.29) is 19.5 Å². The molecule has 156 valence electrons. The maximum absolute atomic E-state index is 12.7. The number of ether oxygens (including phenoxy) is 1. The third kappa shape index (κ3) is 4.80. The van der Waals surface area contributed by atoms with Gasteiger partial charge in [-0.1, -0.05) is 24.3 Å². The van der Waals surface area contributed by atoms with Crippen LogP contribution in [0.4, 0.5) is 0 Å². The summed E-state index contributed by atoms with van der Waals surface area (Å²) in [5.74, 6) is -4.08. The fourth-order valence-electron chi connectivity index (χ4n) is 3.17. The fourth-order valence-corrected chi connectivity index (χ4v) is 3.17. The van der Waals surface area contributed by atoms with Crippen LogP contribution in [0.15, 0.2) is 42.6 Å². The topological polar surface area (TPSA) is 126 Å². The SMILES string of the molecule is COc1ccc(-c2ccc(CN3CCC(=O)C(C(=O)NCC(=O)O)C3=O)cc2)nc1. The van der Waals surface area contributed by atoms with Gasteiger partial charge in [0.25, 0.3) is 0 Å². The predicted octanol–water partition coefficient (Wildman–Crippen LogP) is 0.876. The van der Waals surface area contributed by atoms with E-state index in [9.17, 15) is 19.2 Å². The van der Waals surface area contributed by atoms with Gasteiger partial charge in [0, 0.05) is 25.1 Å². The number of pyridine rings is 1. The molecule has 2 amide bonds. The van der Waals surface area contributed by atoms with Crippen molar-refractivity contribution in [3.8, 4) is 17.0 Å². The second-order valence-electron chi connectivity index (χ2n) is 6.80. The molecule has 2 heterocycles. The summed E-state index contributed by atoms with van der Waals surface area (Å²) in [6.07, 6.45) is 1.67. The molecule has 9 nitrogen and oxygen atoms in total. The van der Waals surface area contributed by atoms with Crippen molar-refractivity contribution < 1.29 is 29.0 Å². The monoisotopic (exact) mass is 411 g/mol. The minimum Gasteiger partial charge on any atom is -0.495 e. The third-order valence-electron chi connectivity index (χ3n) is 4.78. The number of carbonyl (C=O) groups is 4. The molecule has 0 spiro atoms. The van der Waals surface area contributed by atoms with E-state index in [1.54, 1.807) is 13.3 Å². The van der Waals surface area contributed by atoms with E-state index in [0.717, 1.165) is 16.8 Å². The van der Waals surface area contributed by atoms with Gasteiger partial charge in [-0.05, 0) is 17.7 Å². The van der Waals surface area contributed by atoms with Gasteiger partial charge in [0.15, 0.2) is 11.7 Å². The lowest BCUT2D eigenvalue weighted by atomic mass is 9.94. The minimum atomic E-state index is -1.50. The summed E-state index contributed by atoms with van der Waals surface area (Å²) in [6.45, 7) is -0.190. The van der Waals surface area contributed by atoms with E-state index in [1.807, 2.05) is 36.4 Å². The molecular formula is C21H21N3O6. The normalized spacial score (nSPS) is 16.3. The van der Waals surface area contributed by atoms with Crippen LogP contribution >= 0.6 is 0 Å². The van der Waals surface area contributed by atoms with Gasteiger partial charge in [0.05, 0.1) is 19.0 Å². The first-order chi connectivity index (χ1) is 14.4. The van der Waals surface area contributed by atoms with E-state index < -0.39 is 36.0 Å². The van der Waals surface area contributed by atoms with Crippen molar-refractivity contribution in [2.24, 2.45) is 5.92 Å². The summed E-state index contributed by atoms with van der Waals surface area (Å²) in [5, 5.41) is 10.8. The van der Waals surface area contributed by atoms with Gasteiger partial charge < -0.3 is 20.1 Å². The Labute approximate surface area is 172 Å². The van der Waals surface area contributed by atoms with Gasteiger partial charge in [-0.2, -0.15) is 0 Å². The van der Waals surface area contributed by atoms with Crippen molar-refractivity contribution >= 4 is 23.6 Å². The summed E-state index contributed by atoms with van der Waals surface area (Å²) in [5.41, 5.74) is 2.50. The van der Waals surface area contributed by atoms with E-state index in [4.69, 9.17) is 9.84 Å². The number of ketones is 1. The zero-order valence-corrected chi connectivity index (χ0v) is 16.3. The lowest BCUT2D eigenvalue weighted by molar-refractivity contribution is -0.152. The Morgan fingerprint density at radius 3 is 2.53 bits per heavy atom. The Morgan fingerprint density at radius 2 is 1.93 bits per heavy atom. The average molecular weight is 411 g/mol.